The minimum absolute atomic E-state index is 0.136. The number of carbonyl (C=O) groups excluding carboxylic acids is 2. The van der Waals surface area contributed by atoms with Crippen molar-refractivity contribution in [3.63, 3.8) is 0 Å². The van der Waals surface area contributed by atoms with Crippen LogP contribution in [-0.4, -0.2) is 76.1 Å². The molecule has 0 radical (unpaired) electrons. The Morgan fingerprint density at radius 3 is 1.71 bits per heavy atom. The second kappa shape index (κ2) is 9.79. The van der Waals surface area contributed by atoms with Gasteiger partial charge in [-0.05, 0) is 11.8 Å². The minimum atomic E-state index is -0.139. The summed E-state index contributed by atoms with van der Waals surface area (Å²) in [7, 11) is 0. The van der Waals surface area contributed by atoms with E-state index in [0.29, 0.717) is 39.5 Å². The third kappa shape index (κ3) is 5.31. The summed E-state index contributed by atoms with van der Waals surface area (Å²) in [5, 5.41) is 0. The molecule has 8 nitrogen and oxygen atoms in total. The molecule has 0 aliphatic carbocycles. The summed E-state index contributed by atoms with van der Waals surface area (Å²) >= 11 is 0. The first-order chi connectivity index (χ1) is 11.7. The van der Waals surface area contributed by atoms with Crippen LogP contribution in [0.4, 0.5) is 0 Å². The lowest BCUT2D eigenvalue weighted by Crippen LogP contribution is -2.35. The molecule has 2 aliphatic rings. The van der Waals surface area contributed by atoms with Crippen molar-refractivity contribution in [3.05, 3.63) is 0 Å². The fourth-order valence-corrected chi connectivity index (χ4v) is 2.78. The Hall–Kier alpha value is -1.40. The Morgan fingerprint density at radius 2 is 1.33 bits per heavy atom. The van der Waals surface area contributed by atoms with Crippen LogP contribution in [0.3, 0.4) is 0 Å². The van der Waals surface area contributed by atoms with Crippen LogP contribution in [0.25, 0.3) is 0 Å². The molecule has 0 spiro atoms. The van der Waals surface area contributed by atoms with Crippen molar-refractivity contribution in [2.24, 2.45) is 21.8 Å². The van der Waals surface area contributed by atoms with Crippen molar-refractivity contribution in [1.82, 2.24) is 0 Å². The van der Waals surface area contributed by atoms with E-state index in [9.17, 15) is 9.59 Å². The van der Waals surface area contributed by atoms with Crippen LogP contribution in [0.15, 0.2) is 9.98 Å². The number of nitrogens with zero attached hydrogens (tertiary/aromatic N) is 2. The molecule has 0 saturated carbocycles. The van der Waals surface area contributed by atoms with E-state index in [1.807, 2.05) is 13.8 Å². The predicted octanol–water partition coefficient (Wildman–Crippen LogP) is 0.498. The fourth-order valence-electron chi connectivity index (χ4n) is 2.78. The standard InChI is InChI=1S/C16H24N2O6/c1-11(3-17-9-19)5-21-13-7-23-16-14(8-24-15(13)16)22-6-12(2)4-18-10-20/h11-16H,3-8H2,1-2H3/t11?,12?,13-,14+,15?,16?. The van der Waals surface area contributed by atoms with Gasteiger partial charge in [-0.25, -0.2) is 19.6 Å². The van der Waals surface area contributed by atoms with E-state index in [1.54, 1.807) is 0 Å². The lowest BCUT2D eigenvalue weighted by atomic mass is 10.1. The molecule has 0 N–H and O–H groups in total. The maximum Gasteiger partial charge on any atom is 0.234 e. The van der Waals surface area contributed by atoms with Gasteiger partial charge in [0.05, 0.1) is 39.5 Å². The maximum absolute atomic E-state index is 10.1. The molecule has 2 saturated heterocycles. The minimum Gasteiger partial charge on any atom is -0.373 e. The van der Waals surface area contributed by atoms with Crippen molar-refractivity contribution in [2.75, 3.05) is 39.5 Å². The summed E-state index contributed by atoms with van der Waals surface area (Å²) in [6.07, 6.45) is 2.51. The van der Waals surface area contributed by atoms with Gasteiger partial charge in [-0.15, -0.1) is 0 Å². The average molecular weight is 340 g/mol. The largest absolute Gasteiger partial charge is 0.373 e. The van der Waals surface area contributed by atoms with E-state index in [1.165, 1.54) is 12.2 Å². The summed E-state index contributed by atoms with van der Waals surface area (Å²) in [6.45, 7) is 6.61. The van der Waals surface area contributed by atoms with Crippen molar-refractivity contribution in [2.45, 2.75) is 38.3 Å². The SMILES string of the molecule is CC(CN=C=O)CO[C@H]1COC2C1OC[C@H]2OCC(C)CN=C=O. The summed E-state index contributed by atoms with van der Waals surface area (Å²) < 4.78 is 23.3. The average Bonchev–Trinajstić information content (AvgIpc) is 3.16. The van der Waals surface area contributed by atoms with Crippen molar-refractivity contribution in [1.29, 1.82) is 0 Å². The third-order valence-electron chi connectivity index (χ3n) is 4.09. The van der Waals surface area contributed by atoms with Crippen LogP contribution in [0.2, 0.25) is 0 Å². The van der Waals surface area contributed by atoms with Crippen LogP contribution >= 0.6 is 0 Å². The molecule has 0 aromatic heterocycles. The van der Waals surface area contributed by atoms with Crippen LogP contribution < -0.4 is 0 Å². The Kier molecular flexibility index (Phi) is 7.72. The molecule has 2 fully saturated rings. The normalized spacial score (nSPS) is 30.9. The Balaban J connectivity index is 1.73. The smallest absolute Gasteiger partial charge is 0.234 e. The van der Waals surface area contributed by atoms with Crippen molar-refractivity contribution in [3.8, 4) is 0 Å². The van der Waals surface area contributed by atoms with Gasteiger partial charge in [-0.2, -0.15) is 0 Å². The number of fused-ring (bicyclic) bond motifs is 1. The van der Waals surface area contributed by atoms with Crippen molar-refractivity contribution < 1.29 is 28.5 Å². The second-order valence-electron chi connectivity index (χ2n) is 6.41. The molecule has 8 heteroatoms. The van der Waals surface area contributed by atoms with E-state index < -0.39 is 0 Å². The van der Waals surface area contributed by atoms with Gasteiger partial charge in [0.25, 0.3) is 0 Å². The number of ether oxygens (including phenoxy) is 4. The molecule has 2 heterocycles. The summed E-state index contributed by atoms with van der Waals surface area (Å²) in [5.41, 5.74) is 0. The highest BCUT2D eigenvalue weighted by atomic mass is 16.6. The number of rotatable bonds is 10. The quantitative estimate of drug-likeness (QED) is 0.424. The molecule has 0 aromatic carbocycles. The molecule has 0 bridgehead atoms. The molecule has 4 unspecified atom stereocenters. The lowest BCUT2D eigenvalue weighted by molar-refractivity contribution is -0.0588. The molecule has 2 rings (SSSR count). The molecule has 134 valence electrons. The Morgan fingerprint density at radius 1 is 0.917 bits per heavy atom. The van der Waals surface area contributed by atoms with Gasteiger partial charge in [0.15, 0.2) is 0 Å². The lowest BCUT2D eigenvalue weighted by Gasteiger charge is -2.19. The van der Waals surface area contributed by atoms with E-state index >= 15 is 0 Å². The Bertz CT molecular complexity index is 445. The van der Waals surface area contributed by atoms with Gasteiger partial charge in [-0.1, -0.05) is 13.8 Å². The highest BCUT2D eigenvalue weighted by molar-refractivity contribution is 5.33. The van der Waals surface area contributed by atoms with Crippen molar-refractivity contribution >= 4 is 12.2 Å². The summed E-state index contributed by atoms with van der Waals surface area (Å²) in [5.74, 6) is 0.274. The van der Waals surface area contributed by atoms with E-state index in [2.05, 4.69) is 9.98 Å². The van der Waals surface area contributed by atoms with Gasteiger partial charge in [0, 0.05) is 0 Å². The van der Waals surface area contributed by atoms with Gasteiger partial charge in [0.1, 0.15) is 24.4 Å². The molecule has 0 aromatic rings. The van der Waals surface area contributed by atoms with Crippen LogP contribution in [-0.2, 0) is 28.5 Å². The van der Waals surface area contributed by atoms with E-state index in [0.717, 1.165) is 0 Å². The number of aliphatic imine (C=N–C) groups is 2. The molecular weight excluding hydrogens is 316 g/mol. The fraction of sp³-hybridized carbons (Fsp3) is 0.875. The zero-order valence-electron chi connectivity index (χ0n) is 14.1. The van der Waals surface area contributed by atoms with Crippen LogP contribution in [0, 0.1) is 11.8 Å². The van der Waals surface area contributed by atoms with Gasteiger partial charge < -0.3 is 18.9 Å². The first kappa shape index (κ1) is 18.9. The summed E-state index contributed by atoms with van der Waals surface area (Å²) in [6, 6.07) is 0. The highest BCUT2D eigenvalue weighted by Crippen LogP contribution is 2.31. The highest BCUT2D eigenvalue weighted by Gasteiger charge is 2.49. The number of hydrogen-bond donors (Lipinski definition) is 0. The molecule has 2 aliphatic heterocycles. The third-order valence-corrected chi connectivity index (χ3v) is 4.09. The molecule has 0 amide bonds. The summed E-state index contributed by atoms with van der Waals surface area (Å²) in [4.78, 5) is 27.3. The monoisotopic (exact) mass is 340 g/mol. The molecule has 24 heavy (non-hydrogen) atoms. The molecular formula is C16H24N2O6. The maximum atomic E-state index is 10.1. The first-order valence-electron chi connectivity index (χ1n) is 8.19. The van der Waals surface area contributed by atoms with E-state index in [-0.39, 0.29) is 36.3 Å². The zero-order chi connectivity index (χ0) is 17.4. The van der Waals surface area contributed by atoms with Crippen LogP contribution in [0.1, 0.15) is 13.8 Å². The van der Waals surface area contributed by atoms with E-state index in [4.69, 9.17) is 18.9 Å². The molecule has 6 atom stereocenters. The van der Waals surface area contributed by atoms with Gasteiger partial charge in [0.2, 0.25) is 12.2 Å². The zero-order valence-corrected chi connectivity index (χ0v) is 14.1. The predicted molar refractivity (Wildman–Crippen MR) is 83.3 cm³/mol. The topological polar surface area (TPSA) is 95.8 Å². The van der Waals surface area contributed by atoms with Gasteiger partial charge >= 0.3 is 0 Å². The first-order valence-corrected chi connectivity index (χ1v) is 8.19. The number of isocyanates is 2. The number of hydrogen-bond acceptors (Lipinski definition) is 8. The van der Waals surface area contributed by atoms with Crippen LogP contribution in [0.5, 0.6) is 0 Å². The Labute approximate surface area is 141 Å². The second-order valence-corrected chi connectivity index (χ2v) is 6.41. The van der Waals surface area contributed by atoms with Gasteiger partial charge in [-0.3, -0.25) is 0 Å².